The third-order valence-corrected chi connectivity index (χ3v) is 4.58. The molecule has 0 aliphatic heterocycles. The minimum absolute atomic E-state index is 0.381. The van der Waals surface area contributed by atoms with Gasteiger partial charge >= 0.3 is 0 Å². The fourth-order valence-electron chi connectivity index (χ4n) is 2.82. The van der Waals surface area contributed by atoms with Gasteiger partial charge < -0.3 is 0 Å². The van der Waals surface area contributed by atoms with Gasteiger partial charge in [0.25, 0.3) is 0 Å². The van der Waals surface area contributed by atoms with Crippen LogP contribution < -0.4 is 0 Å². The molecule has 0 spiro atoms. The molecule has 0 aromatic carbocycles. The van der Waals surface area contributed by atoms with Crippen LogP contribution >= 0.6 is 0 Å². The lowest BCUT2D eigenvalue weighted by atomic mass is 9.56. The van der Waals surface area contributed by atoms with Crippen molar-refractivity contribution in [3.8, 4) is 0 Å². The topological polar surface area (TPSA) is 0 Å². The summed E-state index contributed by atoms with van der Waals surface area (Å²) in [6.07, 6.45) is 1.27. The van der Waals surface area contributed by atoms with E-state index in [9.17, 15) is 0 Å². The second-order valence-electron chi connectivity index (χ2n) is 6.01. The summed E-state index contributed by atoms with van der Waals surface area (Å²) in [4.78, 5) is 0. The van der Waals surface area contributed by atoms with Crippen LogP contribution in [0.5, 0.6) is 0 Å². The second-order valence-corrected chi connectivity index (χ2v) is 6.01. The van der Waals surface area contributed by atoms with Crippen LogP contribution in [0.25, 0.3) is 0 Å². The fraction of sp³-hybridized carbons (Fsp3) is 0.846. The van der Waals surface area contributed by atoms with Crippen LogP contribution in [0.2, 0.25) is 0 Å². The molecule has 1 unspecified atom stereocenters. The van der Waals surface area contributed by atoms with E-state index < -0.39 is 0 Å². The molecule has 13 heavy (non-hydrogen) atoms. The zero-order chi connectivity index (χ0) is 10.4. The zero-order valence-electron chi connectivity index (χ0n) is 10.3. The number of hydrogen-bond acceptors (Lipinski definition) is 0. The van der Waals surface area contributed by atoms with E-state index in [1.807, 2.05) is 0 Å². The number of rotatable bonds is 0. The molecule has 0 nitrogen and oxygen atoms in total. The normalized spacial score (nSPS) is 32.1. The van der Waals surface area contributed by atoms with E-state index in [0.717, 1.165) is 5.92 Å². The maximum absolute atomic E-state index is 2.40. The summed E-state index contributed by atoms with van der Waals surface area (Å²) in [7, 11) is 0. The van der Waals surface area contributed by atoms with Crippen molar-refractivity contribution in [3.63, 3.8) is 0 Å². The number of allylic oxidation sites excluding steroid dienone is 2. The molecule has 1 rings (SSSR count). The Morgan fingerprint density at radius 1 is 1.08 bits per heavy atom. The quantitative estimate of drug-likeness (QED) is 0.484. The summed E-state index contributed by atoms with van der Waals surface area (Å²) in [5, 5.41) is 0. The molecular formula is C13H24. The highest BCUT2D eigenvalue weighted by Crippen LogP contribution is 2.52. The first kappa shape index (κ1) is 10.8. The van der Waals surface area contributed by atoms with Crippen LogP contribution in [0, 0.1) is 16.7 Å². The first-order chi connectivity index (χ1) is 5.69. The highest BCUT2D eigenvalue weighted by Gasteiger charge is 2.42. The Labute approximate surface area is 83.4 Å². The summed E-state index contributed by atoms with van der Waals surface area (Å²) in [5.74, 6) is 0.767. The lowest BCUT2D eigenvalue weighted by Gasteiger charge is -2.49. The molecule has 1 aliphatic rings. The average Bonchev–Trinajstić information content (AvgIpc) is 1.98. The standard InChI is InChI=1S/C13H24/c1-9-8-12(4,5)11(3)13(6,7)10(9)2/h11H,8H2,1-7H3. The highest BCUT2D eigenvalue weighted by atomic mass is 14.5. The minimum Gasteiger partial charge on any atom is -0.0733 e. The Morgan fingerprint density at radius 3 is 2.00 bits per heavy atom. The molecule has 1 aliphatic carbocycles. The van der Waals surface area contributed by atoms with Crippen molar-refractivity contribution in [3.05, 3.63) is 11.1 Å². The van der Waals surface area contributed by atoms with E-state index in [2.05, 4.69) is 48.5 Å². The summed E-state index contributed by atoms with van der Waals surface area (Å²) >= 11 is 0. The Hall–Kier alpha value is -0.260. The first-order valence-corrected chi connectivity index (χ1v) is 5.36. The fourth-order valence-corrected chi connectivity index (χ4v) is 2.82. The summed E-state index contributed by atoms with van der Waals surface area (Å²) < 4.78 is 0. The van der Waals surface area contributed by atoms with Gasteiger partial charge in [0.15, 0.2) is 0 Å². The molecule has 0 heteroatoms. The molecule has 0 radical (unpaired) electrons. The Balaban J connectivity index is 3.18. The van der Waals surface area contributed by atoms with Gasteiger partial charge in [-0.1, -0.05) is 45.8 Å². The minimum atomic E-state index is 0.381. The SMILES string of the molecule is CC1=C(C)C(C)(C)C(C)C(C)(C)C1. The summed E-state index contributed by atoms with van der Waals surface area (Å²) in [6, 6.07) is 0. The van der Waals surface area contributed by atoms with Gasteiger partial charge in [-0.15, -0.1) is 0 Å². The van der Waals surface area contributed by atoms with Crippen LogP contribution in [-0.4, -0.2) is 0 Å². The van der Waals surface area contributed by atoms with Crippen LogP contribution in [0.4, 0.5) is 0 Å². The van der Waals surface area contributed by atoms with Gasteiger partial charge in [0.05, 0.1) is 0 Å². The molecule has 0 saturated heterocycles. The third kappa shape index (κ3) is 1.56. The monoisotopic (exact) mass is 180 g/mol. The molecule has 0 fully saturated rings. The summed E-state index contributed by atoms with van der Waals surface area (Å²) in [5.41, 5.74) is 4.06. The Kier molecular flexibility index (Phi) is 2.38. The molecular weight excluding hydrogens is 156 g/mol. The molecule has 0 aromatic heterocycles. The zero-order valence-corrected chi connectivity index (χ0v) is 10.3. The van der Waals surface area contributed by atoms with Gasteiger partial charge in [0.2, 0.25) is 0 Å². The van der Waals surface area contributed by atoms with E-state index in [4.69, 9.17) is 0 Å². The van der Waals surface area contributed by atoms with Gasteiger partial charge in [-0.3, -0.25) is 0 Å². The lowest BCUT2D eigenvalue weighted by Crippen LogP contribution is -2.39. The summed E-state index contributed by atoms with van der Waals surface area (Å²) in [6.45, 7) is 16.6. The van der Waals surface area contributed by atoms with E-state index in [1.54, 1.807) is 11.1 Å². The van der Waals surface area contributed by atoms with Crippen LogP contribution in [0.15, 0.2) is 11.1 Å². The number of hydrogen-bond donors (Lipinski definition) is 0. The van der Waals surface area contributed by atoms with Gasteiger partial charge in [-0.2, -0.15) is 0 Å². The predicted molar refractivity (Wildman–Crippen MR) is 59.7 cm³/mol. The van der Waals surface area contributed by atoms with Crippen LogP contribution in [0.1, 0.15) is 54.9 Å². The van der Waals surface area contributed by atoms with Crippen molar-refractivity contribution in [2.75, 3.05) is 0 Å². The van der Waals surface area contributed by atoms with E-state index in [1.165, 1.54) is 6.42 Å². The van der Waals surface area contributed by atoms with Crippen molar-refractivity contribution in [1.29, 1.82) is 0 Å². The van der Waals surface area contributed by atoms with E-state index >= 15 is 0 Å². The van der Waals surface area contributed by atoms with Crippen molar-refractivity contribution in [1.82, 2.24) is 0 Å². The maximum Gasteiger partial charge on any atom is -0.0114 e. The van der Waals surface area contributed by atoms with Gasteiger partial charge in [-0.25, -0.2) is 0 Å². The molecule has 0 amide bonds. The van der Waals surface area contributed by atoms with Crippen LogP contribution in [-0.2, 0) is 0 Å². The molecule has 0 saturated carbocycles. The second kappa shape index (κ2) is 2.87. The van der Waals surface area contributed by atoms with Gasteiger partial charge in [0, 0.05) is 0 Å². The third-order valence-electron chi connectivity index (χ3n) is 4.58. The van der Waals surface area contributed by atoms with Crippen molar-refractivity contribution < 1.29 is 0 Å². The average molecular weight is 180 g/mol. The van der Waals surface area contributed by atoms with Crippen molar-refractivity contribution in [2.45, 2.75) is 54.9 Å². The largest absolute Gasteiger partial charge is 0.0733 e. The molecule has 0 aromatic rings. The first-order valence-electron chi connectivity index (χ1n) is 5.36. The smallest absolute Gasteiger partial charge is 0.0114 e. The lowest BCUT2D eigenvalue weighted by molar-refractivity contribution is 0.0974. The molecule has 0 heterocycles. The van der Waals surface area contributed by atoms with Crippen molar-refractivity contribution in [2.24, 2.45) is 16.7 Å². The Morgan fingerprint density at radius 2 is 1.54 bits per heavy atom. The predicted octanol–water partition coefficient (Wildman–Crippen LogP) is 4.42. The van der Waals surface area contributed by atoms with Gasteiger partial charge in [-0.05, 0) is 37.0 Å². The van der Waals surface area contributed by atoms with Gasteiger partial charge in [0.1, 0.15) is 0 Å². The molecule has 1 atom stereocenters. The molecule has 0 N–H and O–H groups in total. The van der Waals surface area contributed by atoms with E-state index in [-0.39, 0.29) is 0 Å². The molecule has 76 valence electrons. The van der Waals surface area contributed by atoms with Crippen molar-refractivity contribution >= 4 is 0 Å². The van der Waals surface area contributed by atoms with Crippen LogP contribution in [0.3, 0.4) is 0 Å². The molecule has 0 bridgehead atoms. The highest BCUT2D eigenvalue weighted by molar-refractivity contribution is 5.24. The maximum atomic E-state index is 2.40. The Bertz CT molecular complexity index is 241. The van der Waals surface area contributed by atoms with E-state index in [0.29, 0.717) is 10.8 Å².